The first-order valence-electron chi connectivity index (χ1n) is 7.27. The molecule has 1 aromatic carbocycles. The standard InChI is InChI=1S/C16H19N3O5S/c1-10-7-11(2)15(12(3)8-10)25(21,22)24-18-14-9-13(16(20)23-4)5-6-19(14)17/h5-9H,17H2,1-4H3/b18-14-. The zero-order chi connectivity index (χ0) is 18.8. The highest BCUT2D eigenvalue weighted by Gasteiger charge is 2.22. The summed E-state index contributed by atoms with van der Waals surface area (Å²) >= 11 is 0. The molecule has 8 nitrogen and oxygen atoms in total. The number of hydrogen-bond acceptors (Lipinski definition) is 7. The first-order chi connectivity index (χ1) is 11.7. The molecule has 0 aliphatic heterocycles. The Balaban J connectivity index is 2.47. The predicted octanol–water partition coefficient (Wildman–Crippen LogP) is 1.13. The molecule has 0 unspecified atom stereocenters. The van der Waals surface area contributed by atoms with Gasteiger partial charge < -0.3 is 10.6 Å². The number of ether oxygens (including phenoxy) is 1. The van der Waals surface area contributed by atoms with E-state index in [1.54, 1.807) is 26.0 Å². The molecule has 0 saturated carbocycles. The molecule has 0 atom stereocenters. The van der Waals surface area contributed by atoms with Crippen molar-refractivity contribution in [3.8, 4) is 0 Å². The number of nitrogens with zero attached hydrogens (tertiary/aromatic N) is 2. The molecule has 0 radical (unpaired) electrons. The maximum absolute atomic E-state index is 12.5. The molecule has 25 heavy (non-hydrogen) atoms. The fraction of sp³-hybridized carbons (Fsp3) is 0.250. The van der Waals surface area contributed by atoms with Gasteiger partial charge in [0.2, 0.25) is 0 Å². The second kappa shape index (κ2) is 6.98. The van der Waals surface area contributed by atoms with Crippen LogP contribution in [0.25, 0.3) is 0 Å². The smallest absolute Gasteiger partial charge is 0.359 e. The maximum Gasteiger partial charge on any atom is 0.359 e. The number of carbonyl (C=O) groups is 1. The van der Waals surface area contributed by atoms with E-state index in [4.69, 9.17) is 10.1 Å². The van der Waals surface area contributed by atoms with Gasteiger partial charge in [0.15, 0.2) is 5.49 Å². The first-order valence-corrected chi connectivity index (χ1v) is 8.68. The minimum absolute atomic E-state index is 0.0505. The van der Waals surface area contributed by atoms with Crippen molar-refractivity contribution in [1.29, 1.82) is 0 Å². The van der Waals surface area contributed by atoms with Crippen LogP contribution in [-0.2, 0) is 19.1 Å². The van der Waals surface area contributed by atoms with Gasteiger partial charge in [0, 0.05) is 12.3 Å². The number of carbonyl (C=O) groups excluding carboxylic acids is 1. The van der Waals surface area contributed by atoms with Gasteiger partial charge >= 0.3 is 16.1 Å². The van der Waals surface area contributed by atoms with Crippen LogP contribution in [0.1, 0.15) is 27.0 Å². The Kier molecular flexibility index (Phi) is 5.17. The van der Waals surface area contributed by atoms with E-state index in [-0.39, 0.29) is 15.9 Å². The number of benzene rings is 1. The Bertz CT molecular complexity index is 970. The molecule has 2 N–H and O–H groups in total. The van der Waals surface area contributed by atoms with E-state index >= 15 is 0 Å². The van der Waals surface area contributed by atoms with Crippen LogP contribution in [-0.4, -0.2) is 26.2 Å². The number of nitrogens with two attached hydrogens (primary N) is 1. The summed E-state index contributed by atoms with van der Waals surface area (Å²) < 4.78 is 35.4. The summed E-state index contributed by atoms with van der Waals surface area (Å²) in [6.07, 6.45) is 1.34. The molecule has 0 amide bonds. The fourth-order valence-corrected chi connectivity index (χ4v) is 3.66. The highest BCUT2D eigenvalue weighted by Crippen LogP contribution is 2.23. The summed E-state index contributed by atoms with van der Waals surface area (Å²) in [6, 6.07) is 6.15. The predicted molar refractivity (Wildman–Crippen MR) is 90.4 cm³/mol. The van der Waals surface area contributed by atoms with Crippen molar-refractivity contribution < 1.29 is 22.2 Å². The van der Waals surface area contributed by atoms with Gasteiger partial charge in [0.25, 0.3) is 0 Å². The molecule has 1 aromatic heterocycles. The average molecular weight is 365 g/mol. The lowest BCUT2D eigenvalue weighted by atomic mass is 10.1. The summed E-state index contributed by atoms with van der Waals surface area (Å²) in [5, 5.41) is 3.58. The summed E-state index contributed by atoms with van der Waals surface area (Å²) in [5.74, 6) is 5.07. The Labute approximate surface area is 145 Å². The van der Waals surface area contributed by atoms with Gasteiger partial charge in [-0.2, -0.15) is 8.42 Å². The Morgan fingerprint density at radius 2 is 1.76 bits per heavy atom. The van der Waals surface area contributed by atoms with E-state index in [0.717, 1.165) is 10.2 Å². The molecule has 0 spiro atoms. The molecule has 2 aromatic rings. The molecule has 1 heterocycles. The van der Waals surface area contributed by atoms with Gasteiger partial charge in [0.05, 0.1) is 12.7 Å². The molecule has 9 heteroatoms. The van der Waals surface area contributed by atoms with E-state index in [1.807, 2.05) is 6.92 Å². The lowest BCUT2D eigenvalue weighted by molar-refractivity contribution is 0.0600. The van der Waals surface area contributed by atoms with Crippen molar-refractivity contribution in [3.05, 3.63) is 58.2 Å². The van der Waals surface area contributed by atoms with E-state index in [1.165, 1.54) is 25.4 Å². The van der Waals surface area contributed by atoms with Crippen molar-refractivity contribution in [1.82, 2.24) is 4.68 Å². The van der Waals surface area contributed by atoms with E-state index in [9.17, 15) is 13.2 Å². The van der Waals surface area contributed by atoms with Crippen molar-refractivity contribution >= 4 is 16.1 Å². The molecule has 0 aliphatic carbocycles. The summed E-state index contributed by atoms with van der Waals surface area (Å²) in [6.45, 7) is 5.23. The van der Waals surface area contributed by atoms with Crippen molar-refractivity contribution in [2.24, 2.45) is 5.16 Å². The number of hydrogen-bond donors (Lipinski definition) is 1. The Hall–Kier alpha value is -2.81. The van der Waals surface area contributed by atoms with Crippen molar-refractivity contribution in [3.63, 3.8) is 0 Å². The minimum Gasteiger partial charge on any atom is -0.465 e. The number of methoxy groups -OCH3 is 1. The van der Waals surface area contributed by atoms with Crippen molar-refractivity contribution in [2.75, 3.05) is 13.0 Å². The quantitative estimate of drug-likeness (QED) is 0.494. The topological polar surface area (TPSA) is 113 Å². The molecule has 134 valence electrons. The molecule has 0 aliphatic rings. The average Bonchev–Trinajstić information content (AvgIpc) is 2.52. The zero-order valence-electron chi connectivity index (χ0n) is 14.3. The van der Waals surface area contributed by atoms with Gasteiger partial charge in [-0.05, 0) is 43.1 Å². The third kappa shape index (κ3) is 4.00. The number of pyridine rings is 1. The number of esters is 1. The molecule has 0 saturated heterocycles. The van der Waals surface area contributed by atoms with Crippen LogP contribution in [0, 0.1) is 20.8 Å². The zero-order valence-corrected chi connectivity index (χ0v) is 15.1. The van der Waals surface area contributed by atoms with E-state index < -0.39 is 16.1 Å². The summed E-state index contributed by atoms with van der Waals surface area (Å²) in [7, 11) is -2.92. The second-order valence-electron chi connectivity index (χ2n) is 5.52. The molecule has 0 bridgehead atoms. The molecule has 0 fully saturated rings. The van der Waals surface area contributed by atoms with Crippen molar-refractivity contribution in [2.45, 2.75) is 25.7 Å². The van der Waals surface area contributed by atoms with Crippen LogP contribution in [0.2, 0.25) is 0 Å². The molecular formula is C16H19N3O5S. The summed E-state index contributed by atoms with van der Waals surface area (Å²) in [5.41, 5.74) is 2.14. The van der Waals surface area contributed by atoms with E-state index in [2.05, 4.69) is 9.89 Å². The molecular weight excluding hydrogens is 346 g/mol. The van der Waals surface area contributed by atoms with Crippen LogP contribution >= 0.6 is 0 Å². The Morgan fingerprint density at radius 1 is 1.16 bits per heavy atom. The third-order valence-electron chi connectivity index (χ3n) is 3.47. The molecule has 2 rings (SSSR count). The lowest BCUT2D eigenvalue weighted by Gasteiger charge is -2.10. The van der Waals surface area contributed by atoms with Gasteiger partial charge in [-0.1, -0.05) is 17.7 Å². The van der Waals surface area contributed by atoms with Gasteiger partial charge in [-0.15, -0.1) is 0 Å². The normalized spacial score (nSPS) is 12.1. The Morgan fingerprint density at radius 3 is 2.32 bits per heavy atom. The monoisotopic (exact) mass is 365 g/mol. The first kappa shape index (κ1) is 18.5. The minimum atomic E-state index is -4.14. The van der Waals surface area contributed by atoms with Gasteiger partial charge in [0.1, 0.15) is 4.90 Å². The van der Waals surface area contributed by atoms with E-state index in [0.29, 0.717) is 11.1 Å². The number of aryl methyl sites for hydroxylation is 3. The highest BCUT2D eigenvalue weighted by molar-refractivity contribution is 7.86. The van der Waals surface area contributed by atoms with Crippen LogP contribution in [0.15, 0.2) is 40.5 Å². The van der Waals surface area contributed by atoms with Crippen LogP contribution in [0.3, 0.4) is 0 Å². The van der Waals surface area contributed by atoms with Crippen LogP contribution < -0.4 is 11.3 Å². The van der Waals surface area contributed by atoms with Gasteiger partial charge in [-0.3, -0.25) is 4.28 Å². The maximum atomic E-state index is 12.5. The SMILES string of the molecule is COC(=O)c1ccn(N)/c(=N\OS(=O)(=O)c2c(C)cc(C)cc2C)c1. The second-order valence-corrected chi connectivity index (χ2v) is 6.99. The van der Waals surface area contributed by atoms with Crippen LogP contribution in [0.5, 0.6) is 0 Å². The largest absolute Gasteiger partial charge is 0.465 e. The van der Waals surface area contributed by atoms with Crippen LogP contribution in [0.4, 0.5) is 0 Å². The number of rotatable bonds is 4. The van der Waals surface area contributed by atoms with Gasteiger partial charge in [-0.25, -0.2) is 9.47 Å². The number of aromatic nitrogens is 1. The highest BCUT2D eigenvalue weighted by atomic mass is 32.2. The third-order valence-corrected chi connectivity index (χ3v) is 4.88. The number of nitrogen functional groups attached to an aromatic ring is 1. The fourth-order valence-electron chi connectivity index (χ4n) is 2.50. The summed E-state index contributed by atoms with van der Waals surface area (Å²) in [4.78, 5) is 11.6. The lowest BCUT2D eigenvalue weighted by Crippen LogP contribution is -2.29.